The van der Waals surface area contributed by atoms with Crippen molar-refractivity contribution in [2.45, 2.75) is 32.6 Å². The second kappa shape index (κ2) is 8.33. The first-order valence-electron chi connectivity index (χ1n) is 8.19. The Labute approximate surface area is 148 Å². The van der Waals surface area contributed by atoms with Gasteiger partial charge >= 0.3 is 0 Å². The molecule has 0 saturated carbocycles. The Bertz CT molecular complexity index is 704. The molecule has 5 heteroatoms. The number of benzene rings is 2. The Morgan fingerprint density at radius 2 is 1.48 bits per heavy atom. The van der Waals surface area contributed by atoms with Gasteiger partial charge in [-0.15, -0.1) is 0 Å². The molecule has 0 heterocycles. The van der Waals surface area contributed by atoms with Crippen LogP contribution in [0, 0.1) is 0 Å². The molecule has 0 aliphatic rings. The van der Waals surface area contributed by atoms with Crippen molar-refractivity contribution in [3.63, 3.8) is 0 Å². The van der Waals surface area contributed by atoms with Crippen LogP contribution in [0.25, 0.3) is 0 Å². The number of hydrogen-bond donors (Lipinski definition) is 2. The standard InChI is InChI=1S/C20H24N2O3/c1-20(2,3)16-9-11-17(12-10-16)25-14-19(24)22-21-18(23)13-15-7-5-4-6-8-15/h4-12H,13-14H2,1-3H3,(H,21,23)(H,22,24). The fourth-order valence-electron chi connectivity index (χ4n) is 2.20. The number of carbonyl (C=O) groups is 2. The van der Waals surface area contributed by atoms with Gasteiger partial charge in [0.05, 0.1) is 6.42 Å². The zero-order chi connectivity index (χ0) is 18.3. The molecule has 0 aliphatic carbocycles. The average molecular weight is 340 g/mol. The summed E-state index contributed by atoms with van der Waals surface area (Å²) in [6, 6.07) is 16.9. The number of amides is 2. The van der Waals surface area contributed by atoms with Gasteiger partial charge in [-0.05, 0) is 28.7 Å². The first kappa shape index (κ1) is 18.5. The van der Waals surface area contributed by atoms with Crippen LogP contribution in [0.15, 0.2) is 54.6 Å². The quantitative estimate of drug-likeness (QED) is 0.823. The SMILES string of the molecule is CC(C)(C)c1ccc(OCC(=O)NNC(=O)Cc2ccccc2)cc1. The summed E-state index contributed by atoms with van der Waals surface area (Å²) < 4.78 is 5.42. The molecule has 2 N–H and O–H groups in total. The van der Waals surface area contributed by atoms with Crippen molar-refractivity contribution >= 4 is 11.8 Å². The van der Waals surface area contributed by atoms with E-state index in [0.29, 0.717) is 5.75 Å². The second-order valence-electron chi connectivity index (χ2n) is 6.82. The number of nitrogens with one attached hydrogen (secondary N) is 2. The Hall–Kier alpha value is -2.82. The molecule has 0 radical (unpaired) electrons. The van der Waals surface area contributed by atoms with E-state index in [1.165, 1.54) is 5.56 Å². The van der Waals surface area contributed by atoms with E-state index in [9.17, 15) is 9.59 Å². The van der Waals surface area contributed by atoms with Gasteiger partial charge < -0.3 is 4.74 Å². The van der Waals surface area contributed by atoms with E-state index in [1.54, 1.807) is 0 Å². The maximum atomic E-state index is 11.8. The summed E-state index contributed by atoms with van der Waals surface area (Å²) in [7, 11) is 0. The van der Waals surface area contributed by atoms with Crippen LogP contribution < -0.4 is 15.6 Å². The lowest BCUT2D eigenvalue weighted by Gasteiger charge is -2.19. The van der Waals surface area contributed by atoms with Crippen LogP contribution in [0.4, 0.5) is 0 Å². The van der Waals surface area contributed by atoms with Gasteiger partial charge in [0.15, 0.2) is 6.61 Å². The highest BCUT2D eigenvalue weighted by atomic mass is 16.5. The maximum absolute atomic E-state index is 11.8. The van der Waals surface area contributed by atoms with Crippen LogP contribution in [0.1, 0.15) is 31.9 Å². The summed E-state index contributed by atoms with van der Waals surface area (Å²) in [5.74, 6) is -0.0887. The van der Waals surface area contributed by atoms with Crippen molar-refractivity contribution < 1.29 is 14.3 Å². The van der Waals surface area contributed by atoms with E-state index < -0.39 is 5.91 Å². The van der Waals surface area contributed by atoms with Crippen molar-refractivity contribution in [3.8, 4) is 5.75 Å². The van der Waals surface area contributed by atoms with Crippen LogP contribution >= 0.6 is 0 Å². The van der Waals surface area contributed by atoms with E-state index in [0.717, 1.165) is 5.56 Å². The van der Waals surface area contributed by atoms with Crippen LogP contribution in [-0.4, -0.2) is 18.4 Å². The highest BCUT2D eigenvalue weighted by molar-refractivity contribution is 5.83. The lowest BCUT2D eigenvalue weighted by atomic mass is 9.87. The Balaban J connectivity index is 1.72. The molecule has 0 aromatic heterocycles. The smallest absolute Gasteiger partial charge is 0.276 e. The van der Waals surface area contributed by atoms with Gasteiger partial charge in [0, 0.05) is 0 Å². The second-order valence-corrected chi connectivity index (χ2v) is 6.82. The first-order chi connectivity index (χ1) is 11.8. The highest BCUT2D eigenvalue weighted by Crippen LogP contribution is 2.24. The van der Waals surface area contributed by atoms with E-state index in [1.807, 2.05) is 54.6 Å². The predicted octanol–water partition coefficient (Wildman–Crippen LogP) is 2.75. The molecule has 5 nitrogen and oxygen atoms in total. The van der Waals surface area contributed by atoms with Crippen LogP contribution in [0.3, 0.4) is 0 Å². The van der Waals surface area contributed by atoms with Crippen molar-refractivity contribution in [2.75, 3.05) is 6.61 Å². The van der Waals surface area contributed by atoms with Crippen LogP contribution in [0.2, 0.25) is 0 Å². The summed E-state index contributed by atoms with van der Waals surface area (Å²) in [6.07, 6.45) is 0.205. The van der Waals surface area contributed by atoms with Crippen LogP contribution in [-0.2, 0) is 21.4 Å². The molecule has 0 unspecified atom stereocenters. The van der Waals surface area contributed by atoms with Gasteiger partial charge in [-0.2, -0.15) is 0 Å². The van der Waals surface area contributed by atoms with Gasteiger partial charge in [-0.1, -0.05) is 63.2 Å². The zero-order valence-electron chi connectivity index (χ0n) is 14.8. The van der Waals surface area contributed by atoms with Gasteiger partial charge in [-0.3, -0.25) is 20.4 Å². The lowest BCUT2D eigenvalue weighted by Crippen LogP contribution is -2.44. The maximum Gasteiger partial charge on any atom is 0.276 e. The molecule has 132 valence electrons. The lowest BCUT2D eigenvalue weighted by molar-refractivity contribution is -0.129. The molecule has 0 fully saturated rings. The number of rotatable bonds is 5. The normalized spacial score (nSPS) is 10.8. The highest BCUT2D eigenvalue weighted by Gasteiger charge is 2.13. The topological polar surface area (TPSA) is 67.4 Å². The number of hydrogen-bond acceptors (Lipinski definition) is 3. The van der Waals surface area contributed by atoms with Gasteiger partial charge in [0.1, 0.15) is 5.75 Å². The third kappa shape index (κ3) is 6.30. The Kier molecular flexibility index (Phi) is 6.17. The Morgan fingerprint density at radius 1 is 0.880 bits per heavy atom. The van der Waals surface area contributed by atoms with E-state index >= 15 is 0 Å². The number of hydrazine groups is 1. The summed E-state index contributed by atoms with van der Waals surface area (Å²) in [4.78, 5) is 23.5. The molecule has 2 rings (SSSR count). The van der Waals surface area contributed by atoms with Gasteiger partial charge in [-0.25, -0.2) is 0 Å². The van der Waals surface area contributed by atoms with Crippen molar-refractivity contribution in [3.05, 3.63) is 65.7 Å². The molecule has 2 amide bonds. The minimum absolute atomic E-state index is 0.0684. The molecule has 0 bridgehead atoms. The molecule has 25 heavy (non-hydrogen) atoms. The van der Waals surface area contributed by atoms with Crippen LogP contribution in [0.5, 0.6) is 5.75 Å². The van der Waals surface area contributed by atoms with E-state index in [-0.39, 0.29) is 24.3 Å². The minimum atomic E-state index is -0.415. The summed E-state index contributed by atoms with van der Waals surface area (Å²) >= 11 is 0. The largest absolute Gasteiger partial charge is 0.484 e. The molecular weight excluding hydrogens is 316 g/mol. The minimum Gasteiger partial charge on any atom is -0.484 e. The molecule has 2 aromatic carbocycles. The molecule has 0 atom stereocenters. The van der Waals surface area contributed by atoms with E-state index in [4.69, 9.17) is 4.74 Å². The van der Waals surface area contributed by atoms with Crippen molar-refractivity contribution in [1.29, 1.82) is 0 Å². The monoisotopic (exact) mass is 340 g/mol. The molecule has 0 aliphatic heterocycles. The van der Waals surface area contributed by atoms with Crippen molar-refractivity contribution in [2.24, 2.45) is 0 Å². The van der Waals surface area contributed by atoms with Gasteiger partial charge in [0.25, 0.3) is 5.91 Å². The fourth-order valence-corrected chi connectivity index (χ4v) is 2.20. The third-order valence-corrected chi connectivity index (χ3v) is 3.64. The molecule has 0 saturated heterocycles. The molecule has 0 spiro atoms. The average Bonchev–Trinajstić information content (AvgIpc) is 2.58. The van der Waals surface area contributed by atoms with Crippen molar-refractivity contribution in [1.82, 2.24) is 10.9 Å². The molecule has 2 aromatic rings. The number of carbonyl (C=O) groups excluding carboxylic acids is 2. The van der Waals surface area contributed by atoms with Gasteiger partial charge in [0.2, 0.25) is 5.91 Å². The first-order valence-corrected chi connectivity index (χ1v) is 8.19. The zero-order valence-corrected chi connectivity index (χ0v) is 14.8. The van der Waals surface area contributed by atoms with E-state index in [2.05, 4.69) is 31.6 Å². The summed E-state index contributed by atoms with van der Waals surface area (Å²) in [5, 5.41) is 0. The summed E-state index contributed by atoms with van der Waals surface area (Å²) in [6.45, 7) is 6.23. The Morgan fingerprint density at radius 3 is 2.08 bits per heavy atom. The number of ether oxygens (including phenoxy) is 1. The third-order valence-electron chi connectivity index (χ3n) is 3.64. The molecular formula is C20H24N2O3. The summed E-state index contributed by atoms with van der Waals surface area (Å²) in [5.41, 5.74) is 6.86. The predicted molar refractivity (Wildman–Crippen MR) is 97.1 cm³/mol. The fraction of sp³-hybridized carbons (Fsp3) is 0.300.